The highest BCUT2D eigenvalue weighted by Gasteiger charge is 2.60. The van der Waals surface area contributed by atoms with Crippen LogP contribution >= 0.6 is 0 Å². The maximum absolute atomic E-state index is 12.9. The zero-order valence-corrected chi connectivity index (χ0v) is 17.8. The van der Waals surface area contributed by atoms with Crippen LogP contribution in [0.25, 0.3) is 11.1 Å². The molecular formula is C24H23F3N4O2. The van der Waals surface area contributed by atoms with Gasteiger partial charge in [0.15, 0.2) is 0 Å². The minimum Gasteiger partial charge on any atom is -0.302 e. The fourth-order valence-electron chi connectivity index (χ4n) is 5.06. The number of halogens is 3. The molecule has 1 saturated carbocycles. The Morgan fingerprint density at radius 3 is 2.61 bits per heavy atom. The van der Waals surface area contributed by atoms with Crippen LogP contribution in [0.5, 0.6) is 0 Å². The van der Waals surface area contributed by atoms with Crippen molar-refractivity contribution in [3.8, 4) is 11.1 Å². The Morgan fingerprint density at radius 2 is 1.91 bits per heavy atom. The Kier molecular flexibility index (Phi) is 5.23. The number of likely N-dealkylation sites (tertiary alicyclic amines) is 1. The lowest BCUT2D eigenvalue weighted by atomic mass is 9.94. The van der Waals surface area contributed by atoms with Crippen molar-refractivity contribution in [2.24, 2.45) is 5.92 Å². The van der Waals surface area contributed by atoms with Gasteiger partial charge in [0.1, 0.15) is 0 Å². The predicted octanol–water partition coefficient (Wildman–Crippen LogP) is 3.28. The van der Waals surface area contributed by atoms with Crippen LogP contribution in [0.4, 0.5) is 13.2 Å². The van der Waals surface area contributed by atoms with Gasteiger partial charge in [-0.1, -0.05) is 18.2 Å². The molecule has 172 valence electrons. The Bertz CT molecular complexity index is 1270. The van der Waals surface area contributed by atoms with Crippen LogP contribution in [-0.2, 0) is 18.1 Å². The summed E-state index contributed by atoms with van der Waals surface area (Å²) in [4.78, 5) is 33.1. The molecule has 1 aliphatic heterocycles. The molecule has 0 unspecified atom stereocenters. The number of aromatic amines is 1. The van der Waals surface area contributed by atoms with Crippen molar-refractivity contribution in [3.05, 3.63) is 87.0 Å². The number of H-pyrrole nitrogens is 1. The van der Waals surface area contributed by atoms with Gasteiger partial charge in [-0.3, -0.25) is 19.3 Å². The van der Waals surface area contributed by atoms with Crippen molar-refractivity contribution in [1.82, 2.24) is 19.4 Å². The number of alkyl halides is 3. The lowest BCUT2D eigenvalue weighted by Gasteiger charge is -2.21. The molecule has 2 fully saturated rings. The second-order valence-electron chi connectivity index (χ2n) is 8.96. The highest BCUT2D eigenvalue weighted by molar-refractivity contribution is 5.59. The van der Waals surface area contributed by atoms with Crippen molar-refractivity contribution in [1.29, 1.82) is 0 Å². The van der Waals surface area contributed by atoms with E-state index in [2.05, 4.69) is 14.9 Å². The van der Waals surface area contributed by atoms with E-state index < -0.39 is 23.0 Å². The van der Waals surface area contributed by atoms with E-state index in [0.29, 0.717) is 30.0 Å². The molecule has 9 heteroatoms. The van der Waals surface area contributed by atoms with Crippen LogP contribution in [0, 0.1) is 5.92 Å². The van der Waals surface area contributed by atoms with E-state index in [9.17, 15) is 22.8 Å². The molecule has 2 aliphatic rings. The SMILES string of the molecule is O=c1[nH]c(=O)n(CCCN2C[C@@H]3C[C@]3(c3ccc(C(F)(F)F)cc3)C2)cc1-c1cccnc1. The van der Waals surface area contributed by atoms with Gasteiger partial charge in [-0.25, -0.2) is 4.79 Å². The van der Waals surface area contributed by atoms with E-state index in [1.807, 2.05) is 0 Å². The van der Waals surface area contributed by atoms with Crippen molar-refractivity contribution < 1.29 is 13.2 Å². The van der Waals surface area contributed by atoms with Crippen molar-refractivity contribution in [3.63, 3.8) is 0 Å². The van der Waals surface area contributed by atoms with Crippen LogP contribution in [0.2, 0.25) is 0 Å². The standard InChI is InChI=1S/C24H23F3N4O2/c25-24(26,27)18-6-4-17(5-7-18)23-11-19(23)13-30(15-23)9-2-10-31-14-20(21(32)29-22(31)33)16-3-1-8-28-12-16/h1,3-8,12,14,19H,2,9-11,13,15H2,(H,29,32,33)/t19-,23+/m0/s1. The minimum absolute atomic E-state index is 0.0492. The van der Waals surface area contributed by atoms with Crippen molar-refractivity contribution in [2.75, 3.05) is 19.6 Å². The Hall–Kier alpha value is -3.20. The number of hydrogen-bond donors (Lipinski definition) is 1. The second-order valence-corrected chi connectivity index (χ2v) is 8.96. The molecule has 1 aliphatic carbocycles. The van der Waals surface area contributed by atoms with Crippen molar-refractivity contribution in [2.45, 2.75) is 31.0 Å². The van der Waals surface area contributed by atoms with Crippen molar-refractivity contribution >= 4 is 0 Å². The summed E-state index contributed by atoms with van der Waals surface area (Å²) in [6.07, 6.45) is 2.17. The monoisotopic (exact) mass is 456 g/mol. The van der Waals surface area contributed by atoms with Gasteiger partial charge >= 0.3 is 11.9 Å². The summed E-state index contributed by atoms with van der Waals surface area (Å²) in [5.41, 5.74) is 0.456. The average molecular weight is 456 g/mol. The van der Waals surface area contributed by atoms with Gasteiger partial charge in [0.05, 0.1) is 11.1 Å². The van der Waals surface area contributed by atoms with Gasteiger partial charge < -0.3 is 4.90 Å². The zero-order valence-electron chi connectivity index (χ0n) is 17.8. The van der Waals surface area contributed by atoms with Gasteiger partial charge in [0.25, 0.3) is 5.56 Å². The lowest BCUT2D eigenvalue weighted by Crippen LogP contribution is -2.32. The molecule has 33 heavy (non-hydrogen) atoms. The molecule has 0 amide bonds. The number of aryl methyl sites for hydroxylation is 1. The van der Waals surface area contributed by atoms with E-state index in [-0.39, 0.29) is 5.41 Å². The molecule has 6 nitrogen and oxygen atoms in total. The number of fused-ring (bicyclic) bond motifs is 1. The first-order chi connectivity index (χ1) is 15.8. The fourth-order valence-corrected chi connectivity index (χ4v) is 5.06. The third-order valence-electron chi connectivity index (χ3n) is 6.86. The molecule has 3 aromatic rings. The third kappa shape index (κ3) is 4.13. The normalized spacial score (nSPS) is 22.3. The molecule has 5 rings (SSSR count). The summed E-state index contributed by atoms with van der Waals surface area (Å²) in [7, 11) is 0. The molecule has 0 spiro atoms. The number of hydrogen-bond acceptors (Lipinski definition) is 4. The number of benzene rings is 1. The van der Waals surface area contributed by atoms with Gasteiger partial charge in [-0.05, 0) is 49.1 Å². The highest BCUT2D eigenvalue weighted by Crippen LogP contribution is 2.59. The van der Waals surface area contributed by atoms with E-state index in [1.165, 1.54) is 16.7 Å². The Labute approximate surface area is 187 Å². The van der Waals surface area contributed by atoms with Crippen LogP contribution < -0.4 is 11.2 Å². The lowest BCUT2D eigenvalue weighted by molar-refractivity contribution is -0.137. The first-order valence-corrected chi connectivity index (χ1v) is 10.9. The van der Waals surface area contributed by atoms with Gasteiger partial charge in [0, 0.05) is 49.2 Å². The molecule has 1 N–H and O–H groups in total. The van der Waals surface area contributed by atoms with E-state index in [4.69, 9.17) is 0 Å². The average Bonchev–Trinajstić information content (AvgIpc) is 3.36. The highest BCUT2D eigenvalue weighted by atomic mass is 19.4. The predicted molar refractivity (Wildman–Crippen MR) is 117 cm³/mol. The number of pyridine rings is 1. The first-order valence-electron chi connectivity index (χ1n) is 10.9. The maximum atomic E-state index is 12.9. The zero-order chi connectivity index (χ0) is 23.2. The van der Waals surface area contributed by atoms with Gasteiger partial charge in [0.2, 0.25) is 0 Å². The Balaban J connectivity index is 1.22. The topological polar surface area (TPSA) is 71.0 Å². The summed E-state index contributed by atoms with van der Waals surface area (Å²) in [6, 6.07) is 9.08. The van der Waals surface area contributed by atoms with E-state index in [0.717, 1.165) is 31.6 Å². The minimum atomic E-state index is -4.32. The van der Waals surface area contributed by atoms with Crippen LogP contribution in [0.3, 0.4) is 0 Å². The molecule has 2 aromatic heterocycles. The summed E-state index contributed by atoms with van der Waals surface area (Å²) >= 11 is 0. The fraction of sp³-hybridized carbons (Fsp3) is 0.375. The maximum Gasteiger partial charge on any atom is 0.416 e. The third-order valence-corrected chi connectivity index (χ3v) is 6.86. The van der Waals surface area contributed by atoms with Crippen LogP contribution in [-0.4, -0.2) is 39.1 Å². The Morgan fingerprint density at radius 1 is 1.12 bits per heavy atom. The summed E-state index contributed by atoms with van der Waals surface area (Å²) in [5, 5.41) is 0. The molecule has 3 heterocycles. The van der Waals surface area contributed by atoms with Crippen LogP contribution in [0.1, 0.15) is 24.0 Å². The number of piperidine rings is 1. The number of rotatable bonds is 6. The quantitative estimate of drug-likeness (QED) is 0.618. The second kappa shape index (κ2) is 7.98. The van der Waals surface area contributed by atoms with E-state index in [1.54, 1.807) is 42.9 Å². The smallest absolute Gasteiger partial charge is 0.302 e. The van der Waals surface area contributed by atoms with E-state index >= 15 is 0 Å². The molecule has 1 saturated heterocycles. The summed E-state index contributed by atoms with van der Waals surface area (Å²) in [5.74, 6) is 0.460. The van der Waals surface area contributed by atoms with Crippen LogP contribution in [0.15, 0.2) is 64.6 Å². The molecule has 0 bridgehead atoms. The molecule has 2 atom stereocenters. The number of nitrogens with one attached hydrogen (secondary N) is 1. The molecule has 1 aromatic carbocycles. The molecule has 0 radical (unpaired) electrons. The summed E-state index contributed by atoms with van der Waals surface area (Å²) < 4.78 is 40.1. The first kappa shape index (κ1) is 21.6. The number of aromatic nitrogens is 3. The van der Waals surface area contributed by atoms with Gasteiger partial charge in [-0.2, -0.15) is 13.2 Å². The largest absolute Gasteiger partial charge is 0.416 e. The summed E-state index contributed by atoms with van der Waals surface area (Å²) in [6.45, 7) is 2.94. The number of nitrogens with zero attached hydrogens (tertiary/aromatic N) is 3. The van der Waals surface area contributed by atoms with Gasteiger partial charge in [-0.15, -0.1) is 0 Å². The molecular weight excluding hydrogens is 433 g/mol.